The van der Waals surface area contributed by atoms with Crippen LogP contribution in [0.2, 0.25) is 0 Å². The summed E-state index contributed by atoms with van der Waals surface area (Å²) in [6.07, 6.45) is 3.78. The first-order valence-electron chi connectivity index (χ1n) is 7.59. The average Bonchev–Trinajstić information content (AvgIpc) is 2.79. The number of halogens is 1. The normalized spacial score (nSPS) is 18.4. The highest BCUT2D eigenvalue weighted by molar-refractivity contribution is 14.1. The molecule has 1 aromatic carbocycles. The minimum atomic E-state index is 0.171. The number of nitrogens with one attached hydrogen (secondary N) is 1. The van der Waals surface area contributed by atoms with Crippen LogP contribution in [0.3, 0.4) is 0 Å². The quantitative estimate of drug-likeness (QED) is 0.586. The topological polar surface area (TPSA) is 12.0 Å². The highest BCUT2D eigenvalue weighted by Crippen LogP contribution is 2.39. The molecule has 1 atom stereocenters. The number of thiophene rings is 1. The summed E-state index contributed by atoms with van der Waals surface area (Å²) in [4.78, 5) is 1.58. The first kappa shape index (κ1) is 15.3. The van der Waals surface area contributed by atoms with E-state index in [1.165, 1.54) is 39.0 Å². The van der Waals surface area contributed by atoms with Crippen molar-refractivity contribution in [1.29, 1.82) is 0 Å². The van der Waals surface area contributed by atoms with Gasteiger partial charge in [-0.25, -0.2) is 0 Å². The molecular formula is C18H22INS. The number of anilines is 1. The maximum Gasteiger partial charge on any atom is 0.0660 e. The van der Waals surface area contributed by atoms with E-state index in [2.05, 4.69) is 79.0 Å². The minimum Gasteiger partial charge on any atom is -0.378 e. The molecule has 0 saturated heterocycles. The molecule has 1 aliphatic rings. The van der Waals surface area contributed by atoms with Crippen LogP contribution in [-0.4, -0.2) is 0 Å². The molecule has 2 aromatic rings. The molecule has 0 radical (unpaired) electrons. The Morgan fingerprint density at radius 3 is 2.76 bits per heavy atom. The van der Waals surface area contributed by atoms with E-state index < -0.39 is 0 Å². The van der Waals surface area contributed by atoms with Crippen molar-refractivity contribution in [2.24, 2.45) is 0 Å². The molecule has 21 heavy (non-hydrogen) atoms. The molecule has 3 rings (SSSR count). The van der Waals surface area contributed by atoms with Gasteiger partial charge < -0.3 is 5.32 Å². The van der Waals surface area contributed by atoms with Crippen molar-refractivity contribution in [3.05, 3.63) is 49.2 Å². The van der Waals surface area contributed by atoms with Gasteiger partial charge in [-0.3, -0.25) is 0 Å². The molecule has 0 bridgehead atoms. The number of aryl methyl sites for hydroxylation is 1. The fourth-order valence-corrected chi connectivity index (χ4v) is 5.24. The van der Waals surface area contributed by atoms with Crippen LogP contribution < -0.4 is 5.32 Å². The van der Waals surface area contributed by atoms with Gasteiger partial charge in [0.1, 0.15) is 0 Å². The van der Waals surface area contributed by atoms with E-state index in [9.17, 15) is 0 Å². The number of benzene rings is 1. The predicted molar refractivity (Wildman–Crippen MR) is 101 cm³/mol. The van der Waals surface area contributed by atoms with Crippen LogP contribution in [0.4, 0.5) is 5.69 Å². The van der Waals surface area contributed by atoms with Crippen LogP contribution in [0.15, 0.2) is 30.3 Å². The van der Waals surface area contributed by atoms with Gasteiger partial charge in [0.25, 0.3) is 0 Å². The van der Waals surface area contributed by atoms with Gasteiger partial charge >= 0.3 is 0 Å². The molecule has 1 N–H and O–H groups in total. The van der Waals surface area contributed by atoms with Crippen molar-refractivity contribution in [2.75, 3.05) is 5.32 Å². The monoisotopic (exact) mass is 411 g/mol. The van der Waals surface area contributed by atoms with Crippen molar-refractivity contribution in [1.82, 2.24) is 0 Å². The Morgan fingerprint density at radius 1 is 1.24 bits per heavy atom. The van der Waals surface area contributed by atoms with Gasteiger partial charge in [-0.15, -0.1) is 11.3 Å². The van der Waals surface area contributed by atoms with E-state index in [-0.39, 0.29) is 5.41 Å². The molecule has 3 heteroatoms. The Morgan fingerprint density at radius 2 is 2.00 bits per heavy atom. The summed E-state index contributed by atoms with van der Waals surface area (Å²) in [5, 5.41) is 3.83. The SMILES string of the molecule is CC(C)(C)c1ccccc1NC1CCCc2sc(I)cc21. The van der Waals surface area contributed by atoms with Gasteiger partial charge in [-0.05, 0) is 70.5 Å². The highest BCUT2D eigenvalue weighted by Gasteiger charge is 2.24. The van der Waals surface area contributed by atoms with Gasteiger partial charge in [0.15, 0.2) is 0 Å². The molecule has 1 unspecified atom stereocenters. The zero-order valence-corrected chi connectivity index (χ0v) is 15.8. The van der Waals surface area contributed by atoms with E-state index in [1.54, 1.807) is 4.88 Å². The zero-order valence-electron chi connectivity index (χ0n) is 12.9. The number of rotatable bonds is 2. The summed E-state index contributed by atoms with van der Waals surface area (Å²) in [5.41, 5.74) is 4.40. The summed E-state index contributed by atoms with van der Waals surface area (Å²) < 4.78 is 1.41. The molecule has 112 valence electrons. The lowest BCUT2D eigenvalue weighted by Gasteiger charge is -2.29. The highest BCUT2D eigenvalue weighted by atomic mass is 127. The van der Waals surface area contributed by atoms with E-state index in [4.69, 9.17) is 0 Å². The van der Waals surface area contributed by atoms with Crippen LogP contribution in [0.25, 0.3) is 0 Å². The molecule has 0 fully saturated rings. The zero-order chi connectivity index (χ0) is 15.0. The maximum atomic E-state index is 3.83. The lowest BCUT2D eigenvalue weighted by Crippen LogP contribution is -2.19. The Labute approximate surface area is 145 Å². The van der Waals surface area contributed by atoms with Crippen molar-refractivity contribution in [2.45, 2.75) is 51.5 Å². The maximum absolute atomic E-state index is 3.83. The van der Waals surface area contributed by atoms with E-state index in [0.717, 1.165) is 0 Å². The third kappa shape index (κ3) is 3.29. The Hall–Kier alpha value is -0.550. The summed E-state index contributed by atoms with van der Waals surface area (Å²) >= 11 is 4.41. The van der Waals surface area contributed by atoms with Crippen molar-refractivity contribution >= 4 is 39.6 Å². The first-order valence-corrected chi connectivity index (χ1v) is 9.49. The molecule has 1 nitrogen and oxygen atoms in total. The van der Waals surface area contributed by atoms with Gasteiger partial charge in [-0.2, -0.15) is 0 Å². The van der Waals surface area contributed by atoms with Gasteiger partial charge in [0.05, 0.1) is 8.93 Å². The third-order valence-electron chi connectivity index (χ3n) is 4.15. The second-order valence-corrected chi connectivity index (χ2v) is 9.84. The summed E-state index contributed by atoms with van der Waals surface area (Å²) in [5.74, 6) is 0. The van der Waals surface area contributed by atoms with E-state index >= 15 is 0 Å². The Bertz CT molecular complexity index is 639. The van der Waals surface area contributed by atoms with Gasteiger partial charge in [-0.1, -0.05) is 39.0 Å². The van der Waals surface area contributed by atoms with Crippen LogP contribution in [0.5, 0.6) is 0 Å². The summed E-state index contributed by atoms with van der Waals surface area (Å²) in [6.45, 7) is 6.86. The van der Waals surface area contributed by atoms with Gasteiger partial charge in [0, 0.05) is 10.6 Å². The van der Waals surface area contributed by atoms with Crippen LogP contribution in [0.1, 0.15) is 55.7 Å². The van der Waals surface area contributed by atoms with Crippen molar-refractivity contribution < 1.29 is 0 Å². The van der Waals surface area contributed by atoms with Crippen molar-refractivity contribution in [3.63, 3.8) is 0 Å². The summed E-state index contributed by atoms with van der Waals surface area (Å²) in [7, 11) is 0. The molecule has 1 heterocycles. The number of fused-ring (bicyclic) bond motifs is 1. The Kier molecular flexibility index (Phi) is 4.33. The first-order chi connectivity index (χ1) is 9.95. The van der Waals surface area contributed by atoms with E-state index in [1.807, 2.05) is 11.3 Å². The molecule has 1 aromatic heterocycles. The number of hydrogen-bond acceptors (Lipinski definition) is 2. The predicted octanol–water partition coefficient (Wildman–Crippen LogP) is 6.14. The standard InChI is InChI=1S/C18H22INS/c1-18(2,3)13-7-4-5-8-15(13)20-14-9-6-10-16-12(14)11-17(19)21-16/h4-5,7-8,11,14,20H,6,9-10H2,1-3H3. The lowest BCUT2D eigenvalue weighted by molar-refractivity contribution is 0.581. The number of para-hydroxylation sites is 1. The molecule has 0 amide bonds. The smallest absolute Gasteiger partial charge is 0.0660 e. The largest absolute Gasteiger partial charge is 0.378 e. The van der Waals surface area contributed by atoms with Crippen LogP contribution in [0, 0.1) is 2.88 Å². The lowest BCUT2D eigenvalue weighted by atomic mass is 9.85. The third-order valence-corrected chi connectivity index (χ3v) is 6.12. The second kappa shape index (κ2) is 5.92. The van der Waals surface area contributed by atoms with Gasteiger partial charge in [0.2, 0.25) is 0 Å². The van der Waals surface area contributed by atoms with Crippen LogP contribution >= 0.6 is 33.9 Å². The second-order valence-electron chi connectivity index (χ2n) is 6.81. The van der Waals surface area contributed by atoms with Crippen LogP contribution in [-0.2, 0) is 11.8 Å². The summed E-state index contributed by atoms with van der Waals surface area (Å²) in [6, 6.07) is 11.6. The Balaban J connectivity index is 1.92. The average molecular weight is 411 g/mol. The fourth-order valence-electron chi connectivity index (χ4n) is 3.12. The number of hydrogen-bond donors (Lipinski definition) is 1. The molecule has 0 aliphatic heterocycles. The van der Waals surface area contributed by atoms with Crippen molar-refractivity contribution in [3.8, 4) is 0 Å². The molecule has 1 aliphatic carbocycles. The molecular weight excluding hydrogens is 389 g/mol. The minimum absolute atomic E-state index is 0.171. The molecule has 0 saturated carbocycles. The molecule has 0 spiro atoms. The van der Waals surface area contributed by atoms with E-state index in [0.29, 0.717) is 6.04 Å². The fraction of sp³-hybridized carbons (Fsp3) is 0.444.